The van der Waals surface area contributed by atoms with Gasteiger partial charge in [-0.2, -0.15) is 0 Å². The smallest absolute Gasteiger partial charge is 0.119 e. The van der Waals surface area contributed by atoms with Crippen molar-refractivity contribution < 1.29 is 4.74 Å². The summed E-state index contributed by atoms with van der Waals surface area (Å²) in [6.45, 7) is 9.91. The van der Waals surface area contributed by atoms with Crippen LogP contribution in [0.4, 0.5) is 0 Å². The summed E-state index contributed by atoms with van der Waals surface area (Å²) >= 11 is 0. The molecular formula is C19H31NO. The molecule has 1 atom stereocenters. The first-order valence-electron chi connectivity index (χ1n) is 8.55. The monoisotopic (exact) mass is 289 g/mol. The topological polar surface area (TPSA) is 21.3 Å². The van der Waals surface area contributed by atoms with E-state index in [-0.39, 0.29) is 6.10 Å². The van der Waals surface area contributed by atoms with Gasteiger partial charge in [0.05, 0.1) is 6.10 Å². The molecule has 2 nitrogen and oxygen atoms in total. The van der Waals surface area contributed by atoms with Crippen LogP contribution in [0.5, 0.6) is 5.75 Å². The second-order valence-corrected chi connectivity index (χ2v) is 6.98. The van der Waals surface area contributed by atoms with Crippen LogP contribution in [-0.2, 0) is 0 Å². The third-order valence-electron chi connectivity index (χ3n) is 4.63. The van der Waals surface area contributed by atoms with Crippen LogP contribution >= 0.6 is 0 Å². The molecule has 0 saturated heterocycles. The lowest BCUT2D eigenvalue weighted by molar-refractivity contribution is 0.222. The van der Waals surface area contributed by atoms with E-state index < -0.39 is 0 Å². The van der Waals surface area contributed by atoms with Gasteiger partial charge in [-0.1, -0.05) is 38.8 Å². The van der Waals surface area contributed by atoms with E-state index in [4.69, 9.17) is 4.74 Å². The van der Waals surface area contributed by atoms with E-state index in [9.17, 15) is 0 Å². The van der Waals surface area contributed by atoms with E-state index in [1.165, 1.54) is 37.7 Å². The molecule has 0 heterocycles. The molecule has 0 bridgehead atoms. The summed E-state index contributed by atoms with van der Waals surface area (Å²) in [6, 6.07) is 9.19. The number of nitrogens with one attached hydrogen (secondary N) is 1. The third-order valence-corrected chi connectivity index (χ3v) is 4.63. The number of ether oxygens (including phenoxy) is 1. The molecule has 1 aromatic rings. The number of hydrogen-bond acceptors (Lipinski definition) is 2. The van der Waals surface area contributed by atoms with Crippen LogP contribution in [0.3, 0.4) is 0 Å². The van der Waals surface area contributed by atoms with Gasteiger partial charge in [0.2, 0.25) is 0 Å². The van der Waals surface area contributed by atoms with Crippen molar-refractivity contribution in [3.05, 3.63) is 29.8 Å². The fourth-order valence-electron chi connectivity index (χ4n) is 3.54. The van der Waals surface area contributed by atoms with Gasteiger partial charge in [0.15, 0.2) is 0 Å². The third kappa shape index (κ3) is 4.23. The fourth-order valence-corrected chi connectivity index (χ4v) is 3.54. The van der Waals surface area contributed by atoms with Crippen molar-refractivity contribution in [2.75, 3.05) is 6.54 Å². The largest absolute Gasteiger partial charge is 0.491 e. The summed E-state index contributed by atoms with van der Waals surface area (Å²) in [5.41, 5.74) is 1.80. The van der Waals surface area contributed by atoms with Crippen LogP contribution in [0.1, 0.15) is 71.4 Å². The Hall–Kier alpha value is -1.02. The molecule has 1 aromatic carbocycles. The van der Waals surface area contributed by atoms with Gasteiger partial charge in [-0.25, -0.2) is 0 Å². The molecule has 1 fully saturated rings. The lowest BCUT2D eigenvalue weighted by atomic mass is 9.77. The van der Waals surface area contributed by atoms with E-state index in [1.54, 1.807) is 0 Å². The Balaban J connectivity index is 2.16. The predicted molar refractivity (Wildman–Crippen MR) is 89.8 cm³/mol. The quantitative estimate of drug-likeness (QED) is 0.754. The SMILES string of the molecule is CCCNC(c1ccc(OC(C)C)cc1)C1(C)CCCC1. The molecule has 1 saturated carbocycles. The Morgan fingerprint density at radius 2 is 1.76 bits per heavy atom. The summed E-state index contributed by atoms with van der Waals surface area (Å²) < 4.78 is 5.76. The molecule has 1 aliphatic rings. The van der Waals surface area contributed by atoms with Gasteiger partial charge < -0.3 is 10.1 Å². The number of rotatable bonds is 7. The predicted octanol–water partition coefficient (Wildman–Crippen LogP) is 5.09. The molecule has 1 aliphatic carbocycles. The first kappa shape index (κ1) is 16.4. The summed E-state index contributed by atoms with van der Waals surface area (Å²) in [4.78, 5) is 0. The summed E-state index contributed by atoms with van der Waals surface area (Å²) in [6.07, 6.45) is 6.82. The Bertz CT molecular complexity index is 418. The van der Waals surface area contributed by atoms with Crippen LogP contribution in [0.15, 0.2) is 24.3 Å². The Morgan fingerprint density at radius 3 is 2.29 bits per heavy atom. The summed E-state index contributed by atoms with van der Waals surface area (Å²) in [5, 5.41) is 3.79. The van der Waals surface area contributed by atoms with Crippen molar-refractivity contribution in [2.24, 2.45) is 5.41 Å². The minimum atomic E-state index is 0.234. The standard InChI is InChI=1S/C19H31NO/c1-5-14-20-18(19(4)12-6-7-13-19)16-8-10-17(11-9-16)21-15(2)3/h8-11,15,18,20H,5-7,12-14H2,1-4H3. The van der Waals surface area contributed by atoms with Crippen molar-refractivity contribution in [3.8, 4) is 5.75 Å². The van der Waals surface area contributed by atoms with Crippen molar-refractivity contribution >= 4 is 0 Å². The lowest BCUT2D eigenvalue weighted by Gasteiger charge is -2.35. The van der Waals surface area contributed by atoms with E-state index in [0.717, 1.165) is 12.3 Å². The van der Waals surface area contributed by atoms with Crippen LogP contribution in [0.2, 0.25) is 0 Å². The maximum absolute atomic E-state index is 5.76. The van der Waals surface area contributed by atoms with Crippen LogP contribution in [0.25, 0.3) is 0 Å². The molecule has 2 rings (SSSR count). The lowest BCUT2D eigenvalue weighted by Crippen LogP contribution is -2.35. The van der Waals surface area contributed by atoms with Crippen LogP contribution in [-0.4, -0.2) is 12.6 Å². The van der Waals surface area contributed by atoms with Crippen LogP contribution < -0.4 is 10.1 Å². The second kappa shape index (κ2) is 7.31. The minimum absolute atomic E-state index is 0.234. The zero-order valence-corrected chi connectivity index (χ0v) is 14.1. The van der Waals surface area contributed by atoms with Gasteiger partial charge in [-0.05, 0) is 62.8 Å². The fraction of sp³-hybridized carbons (Fsp3) is 0.684. The van der Waals surface area contributed by atoms with Crippen molar-refractivity contribution in [2.45, 2.75) is 71.9 Å². The van der Waals surface area contributed by atoms with Gasteiger partial charge in [0, 0.05) is 6.04 Å². The molecular weight excluding hydrogens is 258 g/mol. The zero-order chi connectivity index (χ0) is 15.3. The molecule has 0 aromatic heterocycles. The molecule has 1 unspecified atom stereocenters. The molecule has 1 N–H and O–H groups in total. The molecule has 21 heavy (non-hydrogen) atoms. The van der Waals surface area contributed by atoms with E-state index in [1.807, 2.05) is 0 Å². The molecule has 118 valence electrons. The first-order valence-corrected chi connectivity index (χ1v) is 8.55. The molecule has 2 heteroatoms. The van der Waals surface area contributed by atoms with Gasteiger partial charge in [-0.15, -0.1) is 0 Å². The maximum atomic E-state index is 5.76. The van der Waals surface area contributed by atoms with Gasteiger partial charge in [0.1, 0.15) is 5.75 Å². The zero-order valence-electron chi connectivity index (χ0n) is 14.1. The van der Waals surface area contributed by atoms with Crippen molar-refractivity contribution in [3.63, 3.8) is 0 Å². The van der Waals surface area contributed by atoms with Crippen LogP contribution in [0, 0.1) is 5.41 Å². The highest BCUT2D eigenvalue weighted by atomic mass is 16.5. The van der Waals surface area contributed by atoms with E-state index in [2.05, 4.69) is 57.3 Å². The molecule has 0 amide bonds. The van der Waals surface area contributed by atoms with Gasteiger partial charge in [0.25, 0.3) is 0 Å². The Morgan fingerprint density at radius 1 is 1.14 bits per heavy atom. The van der Waals surface area contributed by atoms with E-state index >= 15 is 0 Å². The van der Waals surface area contributed by atoms with Gasteiger partial charge >= 0.3 is 0 Å². The van der Waals surface area contributed by atoms with Crippen molar-refractivity contribution in [1.29, 1.82) is 0 Å². The minimum Gasteiger partial charge on any atom is -0.491 e. The molecule has 0 radical (unpaired) electrons. The van der Waals surface area contributed by atoms with E-state index in [0.29, 0.717) is 11.5 Å². The first-order chi connectivity index (χ1) is 10.0. The highest BCUT2D eigenvalue weighted by Gasteiger charge is 2.37. The van der Waals surface area contributed by atoms with Gasteiger partial charge in [-0.3, -0.25) is 0 Å². The molecule has 0 aliphatic heterocycles. The second-order valence-electron chi connectivity index (χ2n) is 6.98. The normalized spacial score (nSPS) is 18.9. The maximum Gasteiger partial charge on any atom is 0.119 e. The average molecular weight is 289 g/mol. The molecule has 0 spiro atoms. The Kier molecular flexibility index (Phi) is 5.69. The average Bonchev–Trinajstić information content (AvgIpc) is 2.88. The van der Waals surface area contributed by atoms with Crippen molar-refractivity contribution in [1.82, 2.24) is 5.32 Å². The number of benzene rings is 1. The highest BCUT2D eigenvalue weighted by molar-refractivity contribution is 5.30. The highest BCUT2D eigenvalue weighted by Crippen LogP contribution is 2.47. The summed E-state index contributed by atoms with van der Waals surface area (Å²) in [5.74, 6) is 0.972. The Labute approximate surface area is 130 Å². The number of hydrogen-bond donors (Lipinski definition) is 1. The summed E-state index contributed by atoms with van der Waals surface area (Å²) in [7, 11) is 0.